The van der Waals surface area contributed by atoms with E-state index >= 15 is 0 Å². The highest BCUT2D eigenvalue weighted by atomic mass is 15.0. The zero-order valence-corrected chi connectivity index (χ0v) is 13.8. The van der Waals surface area contributed by atoms with Crippen LogP contribution in [0.15, 0.2) is 54.9 Å². The van der Waals surface area contributed by atoms with Gasteiger partial charge in [-0.1, -0.05) is 6.07 Å². The number of anilines is 2. The lowest BCUT2D eigenvalue weighted by Gasteiger charge is -2.11. The first-order valence-corrected chi connectivity index (χ1v) is 8.06. The Morgan fingerprint density at radius 2 is 2.00 bits per heavy atom. The lowest BCUT2D eigenvalue weighted by Crippen LogP contribution is -2.04. The summed E-state index contributed by atoms with van der Waals surface area (Å²) in [6.07, 6.45) is 3.66. The van der Waals surface area contributed by atoms with Crippen molar-refractivity contribution in [3.05, 3.63) is 66.2 Å². The Morgan fingerprint density at radius 3 is 2.80 bits per heavy atom. The Kier molecular flexibility index (Phi) is 3.78. The van der Waals surface area contributed by atoms with Gasteiger partial charge in [0.2, 0.25) is 0 Å². The number of nitrogens with zero attached hydrogens (tertiary/aromatic N) is 3. The minimum atomic E-state index is 0.518. The van der Waals surface area contributed by atoms with E-state index in [-0.39, 0.29) is 0 Å². The normalized spacial score (nSPS) is 10.9. The Bertz CT molecular complexity index is 1020. The molecule has 6 heteroatoms. The molecule has 0 fully saturated rings. The van der Waals surface area contributed by atoms with Crippen molar-refractivity contribution in [1.82, 2.24) is 19.9 Å². The zero-order chi connectivity index (χ0) is 17.2. The standard InChI is InChI=1S/C19H18N6/c1-12-5-6-14(18(20)24-12)16-10-17(25-19-15(16)7-9-22-19)23-11-13-4-2-3-8-21-13/h2-10H,11H2,1H3,(H2,20,24)(H2,22,23,25). The molecule has 0 atom stereocenters. The monoisotopic (exact) mass is 330 g/mol. The second-order valence-electron chi connectivity index (χ2n) is 5.86. The number of aryl methyl sites for hydroxylation is 1. The van der Waals surface area contributed by atoms with Crippen LogP contribution in [0.4, 0.5) is 11.6 Å². The van der Waals surface area contributed by atoms with Crippen molar-refractivity contribution in [2.75, 3.05) is 11.1 Å². The van der Waals surface area contributed by atoms with Gasteiger partial charge in [0.1, 0.15) is 17.3 Å². The molecule has 124 valence electrons. The second-order valence-corrected chi connectivity index (χ2v) is 5.86. The van der Waals surface area contributed by atoms with Gasteiger partial charge in [0.05, 0.1) is 12.2 Å². The van der Waals surface area contributed by atoms with Crippen LogP contribution < -0.4 is 11.1 Å². The number of hydrogen-bond donors (Lipinski definition) is 3. The van der Waals surface area contributed by atoms with Crippen LogP contribution in [0.25, 0.3) is 22.2 Å². The van der Waals surface area contributed by atoms with Crippen molar-refractivity contribution in [1.29, 1.82) is 0 Å². The van der Waals surface area contributed by atoms with Crippen LogP contribution in [-0.2, 0) is 6.54 Å². The first kappa shape index (κ1) is 15.1. The fraction of sp³-hybridized carbons (Fsp3) is 0.105. The van der Waals surface area contributed by atoms with Crippen molar-refractivity contribution in [2.45, 2.75) is 13.5 Å². The molecule has 0 saturated heterocycles. The van der Waals surface area contributed by atoms with Crippen molar-refractivity contribution in [2.24, 2.45) is 0 Å². The summed E-state index contributed by atoms with van der Waals surface area (Å²) in [5, 5.41) is 4.34. The molecule has 0 aromatic carbocycles. The number of nitrogen functional groups attached to an aromatic ring is 1. The minimum absolute atomic E-state index is 0.518. The molecule has 0 aliphatic rings. The SMILES string of the molecule is Cc1ccc(-c2cc(NCc3ccccn3)nc3[nH]ccc23)c(N)n1. The van der Waals surface area contributed by atoms with E-state index in [1.807, 2.05) is 55.6 Å². The van der Waals surface area contributed by atoms with Crippen molar-refractivity contribution < 1.29 is 0 Å². The average molecular weight is 330 g/mol. The largest absolute Gasteiger partial charge is 0.383 e. The van der Waals surface area contributed by atoms with Crippen LogP contribution in [0.1, 0.15) is 11.4 Å². The van der Waals surface area contributed by atoms with Gasteiger partial charge in [0, 0.05) is 29.0 Å². The molecule has 4 heterocycles. The summed E-state index contributed by atoms with van der Waals surface area (Å²) in [7, 11) is 0. The van der Waals surface area contributed by atoms with E-state index < -0.39 is 0 Å². The smallest absolute Gasteiger partial charge is 0.140 e. The summed E-state index contributed by atoms with van der Waals surface area (Å²) in [4.78, 5) is 16.5. The van der Waals surface area contributed by atoms with Crippen LogP contribution in [0.2, 0.25) is 0 Å². The lowest BCUT2D eigenvalue weighted by atomic mass is 10.0. The summed E-state index contributed by atoms with van der Waals surface area (Å²) in [5.41, 5.74) is 10.7. The topological polar surface area (TPSA) is 92.5 Å². The number of nitrogens with one attached hydrogen (secondary N) is 2. The van der Waals surface area contributed by atoms with Crippen LogP contribution in [0.5, 0.6) is 0 Å². The molecular weight excluding hydrogens is 312 g/mol. The van der Waals surface area contributed by atoms with E-state index in [4.69, 9.17) is 5.73 Å². The lowest BCUT2D eigenvalue weighted by molar-refractivity contribution is 1.03. The maximum atomic E-state index is 6.16. The maximum Gasteiger partial charge on any atom is 0.140 e. The average Bonchev–Trinajstić information content (AvgIpc) is 3.09. The van der Waals surface area contributed by atoms with Gasteiger partial charge in [-0.2, -0.15) is 0 Å². The molecule has 0 saturated carbocycles. The van der Waals surface area contributed by atoms with Gasteiger partial charge in [-0.3, -0.25) is 4.98 Å². The number of aromatic amines is 1. The molecule has 0 spiro atoms. The Hall–Kier alpha value is -3.41. The highest BCUT2D eigenvalue weighted by Gasteiger charge is 2.12. The van der Waals surface area contributed by atoms with Gasteiger partial charge < -0.3 is 16.0 Å². The van der Waals surface area contributed by atoms with Gasteiger partial charge in [-0.25, -0.2) is 9.97 Å². The van der Waals surface area contributed by atoms with Crippen molar-refractivity contribution >= 4 is 22.7 Å². The fourth-order valence-electron chi connectivity index (χ4n) is 2.84. The van der Waals surface area contributed by atoms with E-state index in [9.17, 15) is 0 Å². The molecule has 0 radical (unpaired) electrons. The maximum absolute atomic E-state index is 6.16. The number of aromatic nitrogens is 4. The molecule has 4 N–H and O–H groups in total. The molecule has 4 rings (SSSR count). The second kappa shape index (κ2) is 6.24. The molecule has 25 heavy (non-hydrogen) atoms. The van der Waals surface area contributed by atoms with Crippen molar-refractivity contribution in [3.63, 3.8) is 0 Å². The molecule has 6 nitrogen and oxygen atoms in total. The third-order valence-electron chi connectivity index (χ3n) is 4.06. The van der Waals surface area contributed by atoms with Crippen LogP contribution in [0, 0.1) is 6.92 Å². The predicted octanol–water partition coefficient (Wildman–Crippen LogP) is 3.52. The molecule has 0 amide bonds. The van der Waals surface area contributed by atoms with E-state index in [1.165, 1.54) is 0 Å². The van der Waals surface area contributed by atoms with E-state index in [0.717, 1.165) is 39.4 Å². The third kappa shape index (κ3) is 3.01. The first-order valence-electron chi connectivity index (χ1n) is 8.06. The Balaban J connectivity index is 1.74. The van der Waals surface area contributed by atoms with E-state index in [1.54, 1.807) is 6.20 Å². The summed E-state index contributed by atoms with van der Waals surface area (Å²) < 4.78 is 0. The molecule has 0 aliphatic carbocycles. The summed E-state index contributed by atoms with van der Waals surface area (Å²) in [5.74, 6) is 1.28. The van der Waals surface area contributed by atoms with E-state index in [2.05, 4.69) is 25.3 Å². The molecule has 0 bridgehead atoms. The molecular formula is C19H18N6. The molecule has 0 unspecified atom stereocenters. The van der Waals surface area contributed by atoms with Gasteiger partial charge in [0.25, 0.3) is 0 Å². The number of H-pyrrole nitrogens is 1. The number of hydrogen-bond acceptors (Lipinski definition) is 5. The van der Waals surface area contributed by atoms with E-state index in [0.29, 0.717) is 12.4 Å². The summed E-state index contributed by atoms with van der Waals surface area (Å²) in [6.45, 7) is 2.53. The summed E-state index contributed by atoms with van der Waals surface area (Å²) >= 11 is 0. The van der Waals surface area contributed by atoms with Gasteiger partial charge in [-0.05, 0) is 48.9 Å². The zero-order valence-electron chi connectivity index (χ0n) is 13.8. The predicted molar refractivity (Wildman–Crippen MR) is 100 cm³/mol. The fourth-order valence-corrected chi connectivity index (χ4v) is 2.84. The van der Waals surface area contributed by atoms with Crippen molar-refractivity contribution in [3.8, 4) is 11.1 Å². The van der Waals surface area contributed by atoms with Crippen LogP contribution in [-0.4, -0.2) is 19.9 Å². The number of fused-ring (bicyclic) bond motifs is 1. The van der Waals surface area contributed by atoms with Crippen LogP contribution in [0.3, 0.4) is 0 Å². The quantitative estimate of drug-likeness (QED) is 0.532. The number of nitrogens with two attached hydrogens (primary N) is 1. The highest BCUT2D eigenvalue weighted by Crippen LogP contribution is 2.32. The molecule has 4 aromatic rings. The first-order chi connectivity index (χ1) is 12.2. The number of pyridine rings is 3. The third-order valence-corrected chi connectivity index (χ3v) is 4.06. The highest BCUT2D eigenvalue weighted by molar-refractivity contribution is 5.97. The van der Waals surface area contributed by atoms with Crippen LogP contribution >= 0.6 is 0 Å². The Morgan fingerprint density at radius 1 is 1.08 bits per heavy atom. The minimum Gasteiger partial charge on any atom is -0.383 e. The van der Waals surface area contributed by atoms with Gasteiger partial charge >= 0.3 is 0 Å². The van der Waals surface area contributed by atoms with Gasteiger partial charge in [-0.15, -0.1) is 0 Å². The number of rotatable bonds is 4. The summed E-state index contributed by atoms with van der Waals surface area (Å²) in [6, 6.07) is 13.8. The van der Waals surface area contributed by atoms with Gasteiger partial charge in [0.15, 0.2) is 0 Å². The molecule has 4 aromatic heterocycles. The Labute approximate surface area is 145 Å². The molecule has 0 aliphatic heterocycles.